The number of ether oxygens (including phenoxy) is 2. The SMILES string of the molecule is COc1ccc(COC/C=C(/C)I)cc1. The first kappa shape index (κ1) is 12.5. The van der Waals surface area contributed by atoms with E-state index >= 15 is 0 Å². The van der Waals surface area contributed by atoms with Crippen LogP contribution in [0.25, 0.3) is 0 Å². The van der Waals surface area contributed by atoms with Gasteiger partial charge in [-0.3, -0.25) is 0 Å². The Morgan fingerprint density at radius 2 is 2.00 bits per heavy atom. The summed E-state index contributed by atoms with van der Waals surface area (Å²) in [6, 6.07) is 7.91. The molecule has 0 N–H and O–H groups in total. The first-order valence-electron chi connectivity index (χ1n) is 4.75. The lowest BCUT2D eigenvalue weighted by Gasteiger charge is -2.03. The summed E-state index contributed by atoms with van der Waals surface area (Å²) in [5.41, 5.74) is 1.16. The number of allylic oxidation sites excluding steroid dienone is 1. The molecule has 0 saturated carbocycles. The Morgan fingerprint density at radius 3 is 2.53 bits per heavy atom. The third-order valence-corrected chi connectivity index (χ3v) is 2.35. The summed E-state index contributed by atoms with van der Waals surface area (Å²) in [4.78, 5) is 0. The Balaban J connectivity index is 2.35. The fraction of sp³-hybridized carbons (Fsp3) is 0.333. The van der Waals surface area contributed by atoms with Gasteiger partial charge in [0.2, 0.25) is 0 Å². The molecule has 0 saturated heterocycles. The third kappa shape index (κ3) is 5.18. The molecule has 0 aliphatic carbocycles. The number of benzene rings is 1. The Labute approximate surface area is 104 Å². The van der Waals surface area contributed by atoms with Gasteiger partial charge in [-0.15, -0.1) is 0 Å². The quantitative estimate of drug-likeness (QED) is 0.611. The van der Waals surface area contributed by atoms with Crippen LogP contribution < -0.4 is 4.74 Å². The van der Waals surface area contributed by atoms with E-state index in [0.29, 0.717) is 13.2 Å². The molecule has 0 fully saturated rings. The van der Waals surface area contributed by atoms with Crippen LogP contribution in [0.5, 0.6) is 5.75 Å². The standard InChI is InChI=1S/C12H15IO2/c1-10(13)7-8-15-9-11-3-5-12(14-2)6-4-11/h3-7H,8-9H2,1-2H3/b10-7-. The lowest BCUT2D eigenvalue weighted by atomic mass is 10.2. The number of rotatable bonds is 5. The molecular weight excluding hydrogens is 303 g/mol. The van der Waals surface area contributed by atoms with Crippen molar-refractivity contribution in [2.75, 3.05) is 13.7 Å². The topological polar surface area (TPSA) is 18.5 Å². The molecule has 3 heteroatoms. The van der Waals surface area contributed by atoms with Gasteiger partial charge in [-0.2, -0.15) is 0 Å². The number of hydrogen-bond acceptors (Lipinski definition) is 2. The highest BCUT2D eigenvalue weighted by molar-refractivity contribution is 14.1. The molecule has 0 radical (unpaired) electrons. The second kappa shape index (κ2) is 6.85. The summed E-state index contributed by atoms with van der Waals surface area (Å²) >= 11 is 2.27. The molecule has 82 valence electrons. The minimum Gasteiger partial charge on any atom is -0.497 e. The molecule has 1 aromatic rings. The molecule has 0 amide bonds. The zero-order valence-corrected chi connectivity index (χ0v) is 11.2. The maximum Gasteiger partial charge on any atom is 0.118 e. The number of halogens is 1. The van der Waals surface area contributed by atoms with E-state index in [1.807, 2.05) is 24.3 Å². The van der Waals surface area contributed by atoms with Crippen LogP contribution in [-0.4, -0.2) is 13.7 Å². The lowest BCUT2D eigenvalue weighted by molar-refractivity contribution is 0.148. The Hall–Kier alpha value is -0.550. The summed E-state index contributed by atoms with van der Waals surface area (Å²) in [6.07, 6.45) is 2.06. The molecule has 0 atom stereocenters. The molecule has 1 rings (SSSR count). The van der Waals surface area contributed by atoms with Crippen LogP contribution in [0.2, 0.25) is 0 Å². The molecule has 0 heterocycles. The van der Waals surface area contributed by atoms with Crippen molar-refractivity contribution in [1.82, 2.24) is 0 Å². The highest BCUT2D eigenvalue weighted by Gasteiger charge is 1.93. The molecule has 15 heavy (non-hydrogen) atoms. The van der Waals surface area contributed by atoms with Gasteiger partial charge in [0.15, 0.2) is 0 Å². The fourth-order valence-electron chi connectivity index (χ4n) is 1.07. The maximum absolute atomic E-state index is 5.48. The monoisotopic (exact) mass is 318 g/mol. The van der Waals surface area contributed by atoms with E-state index in [0.717, 1.165) is 11.3 Å². The predicted molar refractivity (Wildman–Crippen MR) is 70.4 cm³/mol. The summed E-state index contributed by atoms with van der Waals surface area (Å²) in [6.45, 7) is 3.36. The van der Waals surface area contributed by atoms with Crippen molar-refractivity contribution in [3.05, 3.63) is 39.5 Å². The van der Waals surface area contributed by atoms with Crippen LogP contribution >= 0.6 is 22.6 Å². The van der Waals surface area contributed by atoms with Gasteiger partial charge in [-0.25, -0.2) is 0 Å². The maximum atomic E-state index is 5.48. The van der Waals surface area contributed by atoms with Crippen LogP contribution in [0.3, 0.4) is 0 Å². The number of methoxy groups -OCH3 is 1. The first-order valence-corrected chi connectivity index (χ1v) is 5.83. The first-order chi connectivity index (χ1) is 7.22. The third-order valence-electron chi connectivity index (χ3n) is 1.91. The van der Waals surface area contributed by atoms with Gasteiger partial charge in [-0.1, -0.05) is 12.1 Å². The van der Waals surface area contributed by atoms with Gasteiger partial charge in [-0.05, 0) is 56.9 Å². The highest BCUT2D eigenvalue weighted by atomic mass is 127. The molecule has 2 nitrogen and oxygen atoms in total. The molecule has 0 unspecified atom stereocenters. The zero-order valence-electron chi connectivity index (χ0n) is 9.00. The second-order valence-electron chi connectivity index (χ2n) is 3.15. The summed E-state index contributed by atoms with van der Waals surface area (Å²) < 4.78 is 11.8. The van der Waals surface area contributed by atoms with Gasteiger partial charge >= 0.3 is 0 Å². The van der Waals surface area contributed by atoms with E-state index in [4.69, 9.17) is 9.47 Å². The zero-order chi connectivity index (χ0) is 11.1. The van der Waals surface area contributed by atoms with Crippen molar-refractivity contribution in [2.24, 2.45) is 0 Å². The van der Waals surface area contributed by atoms with Gasteiger partial charge in [0, 0.05) is 0 Å². The van der Waals surface area contributed by atoms with E-state index < -0.39 is 0 Å². The van der Waals surface area contributed by atoms with Crippen LogP contribution in [0.1, 0.15) is 12.5 Å². The van der Waals surface area contributed by atoms with Crippen molar-refractivity contribution in [3.8, 4) is 5.75 Å². The summed E-state index contributed by atoms with van der Waals surface area (Å²) in [7, 11) is 1.67. The van der Waals surface area contributed by atoms with Gasteiger partial charge in [0.1, 0.15) is 5.75 Å². The molecule has 0 aromatic heterocycles. The Morgan fingerprint density at radius 1 is 1.33 bits per heavy atom. The van der Waals surface area contributed by atoms with E-state index in [-0.39, 0.29) is 0 Å². The van der Waals surface area contributed by atoms with Crippen LogP contribution in [0, 0.1) is 0 Å². The molecular formula is C12H15IO2. The minimum absolute atomic E-state index is 0.643. The van der Waals surface area contributed by atoms with E-state index in [2.05, 4.69) is 35.6 Å². The minimum atomic E-state index is 0.643. The average molecular weight is 318 g/mol. The second-order valence-corrected chi connectivity index (χ2v) is 4.86. The molecule has 0 aliphatic heterocycles. The van der Waals surface area contributed by atoms with E-state index in [9.17, 15) is 0 Å². The molecule has 0 bridgehead atoms. The summed E-state index contributed by atoms with van der Waals surface area (Å²) in [5, 5.41) is 0. The molecule has 0 spiro atoms. The van der Waals surface area contributed by atoms with E-state index in [1.165, 1.54) is 3.58 Å². The predicted octanol–water partition coefficient (Wildman–Crippen LogP) is 3.55. The van der Waals surface area contributed by atoms with Crippen LogP contribution in [0.15, 0.2) is 33.9 Å². The van der Waals surface area contributed by atoms with E-state index in [1.54, 1.807) is 7.11 Å². The highest BCUT2D eigenvalue weighted by Crippen LogP contribution is 2.12. The van der Waals surface area contributed by atoms with Crippen molar-refractivity contribution in [1.29, 1.82) is 0 Å². The smallest absolute Gasteiger partial charge is 0.118 e. The fourth-order valence-corrected chi connectivity index (χ4v) is 1.25. The van der Waals surface area contributed by atoms with Crippen LogP contribution in [0.4, 0.5) is 0 Å². The van der Waals surface area contributed by atoms with Crippen molar-refractivity contribution in [2.45, 2.75) is 13.5 Å². The Bertz CT molecular complexity index is 313. The number of hydrogen-bond donors (Lipinski definition) is 0. The van der Waals surface area contributed by atoms with Gasteiger partial charge < -0.3 is 9.47 Å². The van der Waals surface area contributed by atoms with Gasteiger partial charge in [0.05, 0.1) is 20.3 Å². The van der Waals surface area contributed by atoms with Crippen molar-refractivity contribution in [3.63, 3.8) is 0 Å². The lowest BCUT2D eigenvalue weighted by Crippen LogP contribution is -1.93. The summed E-state index contributed by atoms with van der Waals surface area (Å²) in [5.74, 6) is 0.877. The Kier molecular flexibility index (Phi) is 5.71. The normalized spacial score (nSPS) is 11.5. The van der Waals surface area contributed by atoms with Gasteiger partial charge in [0.25, 0.3) is 0 Å². The largest absolute Gasteiger partial charge is 0.497 e. The van der Waals surface area contributed by atoms with Crippen molar-refractivity contribution < 1.29 is 9.47 Å². The van der Waals surface area contributed by atoms with Crippen molar-refractivity contribution >= 4 is 22.6 Å². The molecule has 0 aliphatic rings. The molecule has 1 aromatic carbocycles. The average Bonchev–Trinajstić information content (AvgIpc) is 2.25. The van der Waals surface area contributed by atoms with Crippen LogP contribution in [-0.2, 0) is 11.3 Å².